The van der Waals surface area contributed by atoms with Crippen molar-refractivity contribution < 1.29 is 14.3 Å². The fourth-order valence-corrected chi connectivity index (χ4v) is 2.90. The lowest BCUT2D eigenvalue weighted by atomic mass is 10.1. The Labute approximate surface area is 154 Å². The Bertz CT molecular complexity index is 1050. The average molecular weight is 373 g/mol. The number of aromatic amines is 2. The van der Waals surface area contributed by atoms with Crippen LogP contribution in [0.4, 0.5) is 0 Å². The second-order valence-electron chi connectivity index (χ2n) is 5.50. The summed E-state index contributed by atoms with van der Waals surface area (Å²) in [5.74, 6) is 0.777. The molecule has 0 saturated heterocycles. The van der Waals surface area contributed by atoms with Crippen LogP contribution in [0.2, 0.25) is 5.02 Å². The third kappa shape index (κ3) is 3.65. The zero-order chi connectivity index (χ0) is 18.7. The van der Waals surface area contributed by atoms with Crippen molar-refractivity contribution in [3.8, 4) is 11.5 Å². The summed E-state index contributed by atoms with van der Waals surface area (Å²) in [6, 6.07) is 8.42. The lowest BCUT2D eigenvalue weighted by Gasteiger charge is -2.11. The van der Waals surface area contributed by atoms with E-state index in [0.717, 1.165) is 0 Å². The predicted octanol–water partition coefficient (Wildman–Crippen LogP) is 3.81. The maximum absolute atomic E-state index is 12.4. The van der Waals surface area contributed by atoms with Crippen molar-refractivity contribution in [2.75, 3.05) is 13.7 Å². The monoisotopic (exact) mass is 372 g/mol. The second kappa shape index (κ2) is 7.49. The molecule has 1 aromatic heterocycles. The zero-order valence-electron chi connectivity index (χ0n) is 14.3. The van der Waals surface area contributed by atoms with Crippen LogP contribution < -0.4 is 15.2 Å². The van der Waals surface area contributed by atoms with Crippen molar-refractivity contribution in [3.05, 3.63) is 63.0 Å². The van der Waals surface area contributed by atoms with Gasteiger partial charge in [0.25, 0.3) is 0 Å². The molecule has 0 atom stereocenters. The summed E-state index contributed by atoms with van der Waals surface area (Å²) in [5, 5.41) is 0.400. The van der Waals surface area contributed by atoms with E-state index >= 15 is 0 Å². The van der Waals surface area contributed by atoms with Gasteiger partial charge < -0.3 is 19.4 Å². The molecule has 2 N–H and O–H groups in total. The van der Waals surface area contributed by atoms with Gasteiger partial charge in [0, 0.05) is 5.56 Å². The van der Waals surface area contributed by atoms with Crippen LogP contribution in [-0.4, -0.2) is 29.5 Å². The highest BCUT2D eigenvalue weighted by molar-refractivity contribution is 6.32. The standard InChI is InChI=1S/C19H17ClN2O4/c1-3-26-17-9-11(8-13(20)18(17)25-2)4-7-16(23)12-5-6-14-15(10-12)22-19(24)21-14/h4-10H,3H2,1-2H3,(H2,21,22,24). The maximum atomic E-state index is 12.4. The fourth-order valence-electron chi connectivity index (χ4n) is 2.60. The first kappa shape index (κ1) is 17.8. The minimum Gasteiger partial charge on any atom is -0.491 e. The maximum Gasteiger partial charge on any atom is 0.323 e. The molecule has 0 aliphatic rings. The van der Waals surface area contributed by atoms with E-state index in [4.69, 9.17) is 21.1 Å². The van der Waals surface area contributed by atoms with E-state index in [-0.39, 0.29) is 11.5 Å². The Balaban J connectivity index is 1.88. The van der Waals surface area contributed by atoms with Crippen molar-refractivity contribution in [1.82, 2.24) is 9.97 Å². The highest BCUT2D eigenvalue weighted by atomic mass is 35.5. The predicted molar refractivity (Wildman–Crippen MR) is 101 cm³/mol. The van der Waals surface area contributed by atoms with E-state index in [1.54, 1.807) is 36.4 Å². The smallest absolute Gasteiger partial charge is 0.323 e. The number of ketones is 1. The number of fused-ring (bicyclic) bond motifs is 1. The molecule has 134 valence electrons. The summed E-state index contributed by atoms with van der Waals surface area (Å²) in [6.07, 6.45) is 3.10. The molecule has 3 aromatic rings. The number of aromatic nitrogens is 2. The zero-order valence-corrected chi connectivity index (χ0v) is 15.0. The summed E-state index contributed by atoms with van der Waals surface area (Å²) >= 11 is 6.21. The highest BCUT2D eigenvalue weighted by Crippen LogP contribution is 2.36. The molecule has 0 spiro atoms. The van der Waals surface area contributed by atoms with Crippen molar-refractivity contribution in [2.24, 2.45) is 0 Å². The minimum absolute atomic E-state index is 0.196. The quantitative estimate of drug-likeness (QED) is 0.509. The van der Waals surface area contributed by atoms with Gasteiger partial charge in [-0.3, -0.25) is 4.79 Å². The fraction of sp³-hybridized carbons (Fsp3) is 0.158. The molecule has 0 bridgehead atoms. The Hall–Kier alpha value is -2.99. The summed E-state index contributed by atoms with van der Waals surface area (Å²) < 4.78 is 10.8. The average Bonchev–Trinajstić information content (AvgIpc) is 2.99. The number of H-pyrrole nitrogens is 2. The molecule has 3 rings (SSSR count). The topological polar surface area (TPSA) is 84.2 Å². The molecular formula is C19H17ClN2O4. The Morgan fingerprint density at radius 2 is 1.96 bits per heavy atom. The van der Waals surface area contributed by atoms with E-state index in [2.05, 4.69) is 9.97 Å². The van der Waals surface area contributed by atoms with Crippen LogP contribution in [0.25, 0.3) is 17.1 Å². The van der Waals surface area contributed by atoms with Gasteiger partial charge in [0.15, 0.2) is 17.3 Å². The third-order valence-corrected chi connectivity index (χ3v) is 4.04. The molecule has 0 fully saturated rings. The Kier molecular flexibility index (Phi) is 5.14. The highest BCUT2D eigenvalue weighted by Gasteiger charge is 2.11. The Morgan fingerprint density at radius 1 is 1.19 bits per heavy atom. The van der Waals surface area contributed by atoms with Gasteiger partial charge in [-0.05, 0) is 48.9 Å². The van der Waals surface area contributed by atoms with E-state index in [9.17, 15) is 9.59 Å². The summed E-state index contributed by atoms with van der Waals surface area (Å²) in [6.45, 7) is 2.33. The lowest BCUT2D eigenvalue weighted by Crippen LogP contribution is -1.99. The number of nitrogens with one attached hydrogen (secondary N) is 2. The molecule has 0 aliphatic heterocycles. The van der Waals surface area contributed by atoms with Crippen LogP contribution in [0.1, 0.15) is 22.8 Å². The summed E-state index contributed by atoms with van der Waals surface area (Å²) in [7, 11) is 1.52. The van der Waals surface area contributed by atoms with Gasteiger partial charge in [-0.1, -0.05) is 17.7 Å². The first-order chi connectivity index (χ1) is 12.5. The Morgan fingerprint density at radius 3 is 2.69 bits per heavy atom. The van der Waals surface area contributed by atoms with Gasteiger partial charge in [0.05, 0.1) is 29.8 Å². The van der Waals surface area contributed by atoms with Crippen molar-refractivity contribution in [1.29, 1.82) is 0 Å². The first-order valence-corrected chi connectivity index (χ1v) is 8.34. The van der Waals surface area contributed by atoms with Gasteiger partial charge in [-0.25, -0.2) is 4.79 Å². The number of allylic oxidation sites excluding steroid dienone is 1. The number of methoxy groups -OCH3 is 1. The molecular weight excluding hydrogens is 356 g/mol. The SMILES string of the molecule is CCOc1cc(C=CC(=O)c2ccc3[nH]c(=O)[nH]c3c2)cc(Cl)c1OC. The van der Waals surface area contributed by atoms with E-state index in [1.807, 2.05) is 6.92 Å². The van der Waals surface area contributed by atoms with Crippen LogP contribution in [-0.2, 0) is 0 Å². The third-order valence-electron chi connectivity index (χ3n) is 3.76. The molecule has 0 aliphatic carbocycles. The van der Waals surface area contributed by atoms with Crippen LogP contribution in [0.3, 0.4) is 0 Å². The number of benzene rings is 2. The molecule has 0 saturated carbocycles. The molecule has 6 nitrogen and oxygen atoms in total. The number of ether oxygens (including phenoxy) is 2. The number of hydrogen-bond acceptors (Lipinski definition) is 4. The van der Waals surface area contributed by atoms with Crippen LogP contribution in [0.15, 0.2) is 41.2 Å². The largest absolute Gasteiger partial charge is 0.491 e. The summed E-state index contributed by atoms with van der Waals surface area (Å²) in [5.41, 5.74) is 2.10. The molecule has 2 aromatic carbocycles. The van der Waals surface area contributed by atoms with E-state index in [0.29, 0.717) is 45.3 Å². The molecule has 0 radical (unpaired) electrons. The lowest BCUT2D eigenvalue weighted by molar-refractivity contribution is 0.104. The normalized spacial score (nSPS) is 11.2. The first-order valence-electron chi connectivity index (χ1n) is 7.96. The molecule has 0 unspecified atom stereocenters. The van der Waals surface area contributed by atoms with Gasteiger partial charge in [-0.2, -0.15) is 0 Å². The number of imidazole rings is 1. The number of carbonyl (C=O) groups is 1. The number of carbonyl (C=O) groups excluding carboxylic acids is 1. The minimum atomic E-state index is -0.309. The molecule has 7 heteroatoms. The van der Waals surface area contributed by atoms with E-state index in [1.165, 1.54) is 13.2 Å². The number of halogens is 1. The van der Waals surface area contributed by atoms with Gasteiger partial charge >= 0.3 is 5.69 Å². The van der Waals surface area contributed by atoms with Gasteiger partial charge in [0.1, 0.15) is 0 Å². The molecule has 0 amide bonds. The van der Waals surface area contributed by atoms with Crippen molar-refractivity contribution >= 4 is 34.5 Å². The second-order valence-corrected chi connectivity index (χ2v) is 5.91. The van der Waals surface area contributed by atoms with Crippen molar-refractivity contribution in [3.63, 3.8) is 0 Å². The van der Waals surface area contributed by atoms with Crippen LogP contribution in [0.5, 0.6) is 11.5 Å². The van der Waals surface area contributed by atoms with Gasteiger partial charge in [0.2, 0.25) is 0 Å². The van der Waals surface area contributed by atoms with Crippen LogP contribution in [0, 0.1) is 0 Å². The van der Waals surface area contributed by atoms with Gasteiger partial charge in [-0.15, -0.1) is 0 Å². The molecule has 1 heterocycles. The van der Waals surface area contributed by atoms with Crippen molar-refractivity contribution in [2.45, 2.75) is 6.92 Å². The number of rotatable bonds is 6. The van der Waals surface area contributed by atoms with Crippen LogP contribution >= 0.6 is 11.6 Å². The number of hydrogen-bond donors (Lipinski definition) is 2. The summed E-state index contributed by atoms with van der Waals surface area (Å²) in [4.78, 5) is 29.0. The van der Waals surface area contributed by atoms with E-state index < -0.39 is 0 Å². The molecule has 26 heavy (non-hydrogen) atoms.